The van der Waals surface area contributed by atoms with Crippen molar-refractivity contribution in [3.63, 3.8) is 0 Å². The summed E-state index contributed by atoms with van der Waals surface area (Å²) in [7, 11) is 3.50. The summed E-state index contributed by atoms with van der Waals surface area (Å²) in [6, 6.07) is 23.6. The van der Waals surface area contributed by atoms with Gasteiger partial charge in [0.1, 0.15) is 5.69 Å². The van der Waals surface area contributed by atoms with E-state index < -0.39 is 6.03 Å². The maximum Gasteiger partial charge on any atom is 0.328 e. The number of carbonyl (C=O) groups is 6. The second kappa shape index (κ2) is 16.4. The minimum atomic E-state index is -0.525. The van der Waals surface area contributed by atoms with E-state index in [9.17, 15) is 28.8 Å². The third-order valence-electron chi connectivity index (χ3n) is 11.2. The van der Waals surface area contributed by atoms with Crippen LogP contribution < -0.4 is 26.2 Å². The van der Waals surface area contributed by atoms with E-state index >= 15 is 0 Å². The number of carbonyl (C=O) groups excluding carboxylic acids is 6. The van der Waals surface area contributed by atoms with Crippen LogP contribution in [-0.2, 0) is 34.8 Å². The van der Waals surface area contributed by atoms with E-state index in [-0.39, 0.29) is 61.0 Å². The van der Waals surface area contributed by atoms with Crippen molar-refractivity contribution in [2.24, 2.45) is 0 Å². The SMILES string of the molecule is Cc1ccc(C(=O)NCCC(=O)Nc2ccc(CNC(=O)c3ccc4n3CCN(Cc3ccc(C(=O)N(C)C)cc3)C43CCC3)cc2)cc1N1CCC(=O)NC1=O. The van der Waals surface area contributed by atoms with Gasteiger partial charge in [0.05, 0.1) is 5.54 Å². The molecule has 14 heteroatoms. The lowest BCUT2D eigenvalue weighted by Gasteiger charge is -2.53. The Labute approximate surface area is 331 Å². The van der Waals surface area contributed by atoms with Crippen LogP contribution in [0, 0.1) is 6.92 Å². The summed E-state index contributed by atoms with van der Waals surface area (Å²) >= 11 is 0. The first kappa shape index (κ1) is 39.0. The van der Waals surface area contributed by atoms with Gasteiger partial charge in [-0.05, 0) is 91.4 Å². The molecular weight excluding hydrogens is 725 g/mol. The third kappa shape index (κ3) is 8.31. The molecule has 0 bridgehead atoms. The number of anilines is 2. The summed E-state index contributed by atoms with van der Waals surface area (Å²) in [6.45, 7) is 4.78. The molecule has 2 aliphatic heterocycles. The Morgan fingerprint density at radius 2 is 1.53 bits per heavy atom. The van der Waals surface area contributed by atoms with Gasteiger partial charge in [-0.25, -0.2) is 4.79 Å². The number of aromatic nitrogens is 1. The lowest BCUT2D eigenvalue weighted by molar-refractivity contribution is -0.120. The molecule has 1 saturated heterocycles. The second-order valence-electron chi connectivity index (χ2n) is 15.1. The number of benzene rings is 3. The summed E-state index contributed by atoms with van der Waals surface area (Å²) in [5.41, 5.74) is 6.69. The molecule has 0 radical (unpaired) electrons. The molecule has 57 heavy (non-hydrogen) atoms. The van der Waals surface area contributed by atoms with Gasteiger partial charge >= 0.3 is 6.03 Å². The smallest absolute Gasteiger partial charge is 0.328 e. The van der Waals surface area contributed by atoms with Gasteiger partial charge in [-0.15, -0.1) is 0 Å². The second-order valence-corrected chi connectivity index (χ2v) is 15.1. The summed E-state index contributed by atoms with van der Waals surface area (Å²) < 4.78 is 2.17. The molecule has 1 saturated carbocycles. The molecule has 3 aromatic carbocycles. The molecule has 0 atom stereocenters. The average molecular weight is 773 g/mol. The van der Waals surface area contributed by atoms with E-state index in [0.717, 1.165) is 49.0 Å². The van der Waals surface area contributed by atoms with Crippen LogP contribution >= 0.6 is 0 Å². The van der Waals surface area contributed by atoms with Crippen molar-refractivity contribution >= 4 is 46.9 Å². The van der Waals surface area contributed by atoms with E-state index in [2.05, 4.69) is 36.8 Å². The fraction of sp³-hybridized carbons (Fsp3) is 0.349. The van der Waals surface area contributed by atoms with Gasteiger partial charge in [0.15, 0.2) is 0 Å². The number of rotatable bonds is 12. The van der Waals surface area contributed by atoms with Crippen molar-refractivity contribution in [2.45, 2.75) is 64.2 Å². The van der Waals surface area contributed by atoms with Gasteiger partial charge in [0, 0.05) is 94.4 Å². The molecule has 3 aliphatic rings. The predicted octanol–water partition coefficient (Wildman–Crippen LogP) is 4.53. The quantitative estimate of drug-likeness (QED) is 0.164. The van der Waals surface area contributed by atoms with Crippen molar-refractivity contribution in [1.82, 2.24) is 30.3 Å². The molecule has 4 aromatic rings. The van der Waals surface area contributed by atoms with Gasteiger partial charge in [-0.2, -0.15) is 0 Å². The molecule has 7 rings (SSSR count). The van der Waals surface area contributed by atoms with Gasteiger partial charge in [-0.1, -0.05) is 30.3 Å². The fourth-order valence-corrected chi connectivity index (χ4v) is 7.88. The topological polar surface area (TPSA) is 165 Å². The van der Waals surface area contributed by atoms with Crippen molar-refractivity contribution < 1.29 is 28.8 Å². The molecule has 1 spiro atoms. The lowest BCUT2D eigenvalue weighted by atomic mass is 9.71. The van der Waals surface area contributed by atoms with Crippen LogP contribution in [0.3, 0.4) is 0 Å². The van der Waals surface area contributed by atoms with E-state index in [4.69, 9.17) is 0 Å². The lowest BCUT2D eigenvalue weighted by Crippen LogP contribution is -2.56. The third-order valence-corrected chi connectivity index (χ3v) is 11.2. The van der Waals surface area contributed by atoms with Gasteiger partial charge in [0.2, 0.25) is 11.8 Å². The largest absolute Gasteiger partial charge is 0.352 e. The number of hydrogen-bond donors (Lipinski definition) is 4. The predicted molar refractivity (Wildman–Crippen MR) is 215 cm³/mol. The standard InChI is InChI=1S/C43H48N8O6/c1-28-5-10-32(25-35(28)51-22-18-38(53)47-42(51)57)39(54)44-21-17-37(52)46-33-13-8-29(9-14-33)26-45-40(55)34-15-16-36-43(19-4-20-43)49(23-24-50(34)36)27-30-6-11-31(12-7-30)41(56)48(2)3/h5-16,25H,4,17-24,26-27H2,1-3H3,(H,44,54)(H,45,55)(H,46,52)(H,47,53,57). The molecule has 3 heterocycles. The van der Waals surface area contributed by atoms with E-state index in [1.54, 1.807) is 49.3 Å². The zero-order valence-corrected chi connectivity index (χ0v) is 32.5. The number of nitrogens with zero attached hydrogens (tertiary/aromatic N) is 4. The Hall–Kier alpha value is -6.28. The van der Waals surface area contributed by atoms with Crippen LogP contribution in [0.2, 0.25) is 0 Å². The van der Waals surface area contributed by atoms with Crippen LogP contribution in [0.4, 0.5) is 16.2 Å². The molecule has 1 aromatic heterocycles. The number of fused-ring (bicyclic) bond motifs is 2. The van der Waals surface area contributed by atoms with E-state index in [0.29, 0.717) is 41.3 Å². The van der Waals surface area contributed by atoms with Gasteiger partial charge < -0.3 is 25.4 Å². The monoisotopic (exact) mass is 772 g/mol. The Morgan fingerprint density at radius 1 is 0.807 bits per heavy atom. The minimum absolute atomic E-state index is 0.0127. The summed E-state index contributed by atoms with van der Waals surface area (Å²) in [4.78, 5) is 80.8. The van der Waals surface area contributed by atoms with Crippen LogP contribution in [0.15, 0.2) is 78.9 Å². The molecule has 1 aliphatic carbocycles. The molecule has 0 unspecified atom stereocenters. The van der Waals surface area contributed by atoms with Crippen LogP contribution in [-0.4, -0.2) is 83.7 Å². The van der Waals surface area contributed by atoms with Gasteiger partial charge in [-0.3, -0.25) is 39.1 Å². The first-order valence-electron chi connectivity index (χ1n) is 19.3. The highest BCUT2D eigenvalue weighted by atomic mass is 16.2. The number of hydrogen-bond acceptors (Lipinski definition) is 7. The van der Waals surface area contributed by atoms with E-state index in [1.165, 1.54) is 10.6 Å². The van der Waals surface area contributed by atoms with E-state index in [1.807, 2.05) is 49.4 Å². The van der Waals surface area contributed by atoms with Crippen molar-refractivity contribution in [2.75, 3.05) is 43.9 Å². The summed E-state index contributed by atoms with van der Waals surface area (Å²) in [5, 5.41) is 10.9. The number of nitrogens with one attached hydrogen (secondary N) is 4. The molecule has 2 fully saturated rings. The minimum Gasteiger partial charge on any atom is -0.352 e. The fourth-order valence-electron chi connectivity index (χ4n) is 7.88. The molecule has 7 amide bonds. The maximum absolute atomic E-state index is 13.5. The Bertz CT molecular complexity index is 2210. The highest BCUT2D eigenvalue weighted by molar-refractivity contribution is 6.06. The van der Waals surface area contributed by atoms with Crippen LogP contribution in [0.25, 0.3) is 0 Å². The maximum atomic E-state index is 13.5. The Morgan fingerprint density at radius 3 is 2.21 bits per heavy atom. The summed E-state index contributed by atoms with van der Waals surface area (Å²) in [6.07, 6.45) is 3.43. The highest BCUT2D eigenvalue weighted by Crippen LogP contribution is 2.49. The zero-order valence-electron chi connectivity index (χ0n) is 32.5. The average Bonchev–Trinajstić information content (AvgIpc) is 3.62. The number of amides is 7. The number of aryl methyl sites for hydroxylation is 1. The molecule has 14 nitrogen and oxygen atoms in total. The first-order valence-corrected chi connectivity index (χ1v) is 19.3. The van der Waals surface area contributed by atoms with Crippen molar-refractivity contribution in [3.05, 3.63) is 118 Å². The van der Waals surface area contributed by atoms with Crippen LogP contribution in [0.5, 0.6) is 0 Å². The normalized spacial score (nSPS) is 15.9. The van der Waals surface area contributed by atoms with Crippen molar-refractivity contribution in [1.29, 1.82) is 0 Å². The van der Waals surface area contributed by atoms with Gasteiger partial charge in [0.25, 0.3) is 17.7 Å². The zero-order chi connectivity index (χ0) is 40.3. The van der Waals surface area contributed by atoms with Crippen LogP contribution in [0.1, 0.15) is 85.7 Å². The number of urea groups is 1. The molecule has 296 valence electrons. The first-order chi connectivity index (χ1) is 27.4. The summed E-state index contributed by atoms with van der Waals surface area (Å²) in [5.74, 6) is -1.14. The molecule has 4 N–H and O–H groups in total. The Kier molecular flexibility index (Phi) is 11.2. The Balaban J connectivity index is 0.877. The molecular formula is C43H48N8O6. The highest BCUT2D eigenvalue weighted by Gasteiger charge is 2.48. The number of imide groups is 1. The van der Waals surface area contributed by atoms with Crippen molar-refractivity contribution in [3.8, 4) is 0 Å².